The van der Waals surface area contributed by atoms with Gasteiger partial charge in [0.25, 0.3) is 0 Å². The van der Waals surface area contributed by atoms with E-state index in [-0.39, 0.29) is 19.4 Å². The number of phosphoric ester groups is 1. The molecule has 0 aromatic rings. The molecule has 11 heteroatoms. The van der Waals surface area contributed by atoms with E-state index in [1.165, 1.54) is 38.5 Å². The second-order valence-corrected chi connectivity index (χ2v) is 16.0. The summed E-state index contributed by atoms with van der Waals surface area (Å²) in [4.78, 5) is 23.0. The lowest BCUT2D eigenvalue weighted by molar-refractivity contribution is -0.870. The molecule has 5 atom stereocenters. The number of nitrogens with one attached hydrogen (secondary N) is 1. The van der Waals surface area contributed by atoms with E-state index in [0.29, 0.717) is 30.3 Å². The predicted molar refractivity (Wildman–Crippen MR) is 219 cm³/mol. The van der Waals surface area contributed by atoms with Crippen LogP contribution < -0.4 is 5.32 Å². The van der Waals surface area contributed by atoms with Crippen LogP contribution in [0.15, 0.2) is 72.9 Å². The lowest BCUT2D eigenvalue weighted by Gasteiger charge is -2.25. The maximum Gasteiger partial charge on any atom is 0.472 e. The first-order chi connectivity index (χ1) is 25.3. The quantitative estimate of drug-likeness (QED) is 0.0190. The zero-order valence-electron chi connectivity index (χ0n) is 33.7. The smallest absolute Gasteiger partial charge is 0.390 e. The number of rotatable bonds is 34. The maximum absolute atomic E-state index is 12.8. The van der Waals surface area contributed by atoms with Crippen molar-refractivity contribution in [1.82, 2.24) is 5.32 Å². The molecule has 0 rings (SSSR count). The average molecular weight is 768 g/mol. The molecule has 1 unspecified atom stereocenters. The summed E-state index contributed by atoms with van der Waals surface area (Å²) >= 11 is 0. The largest absolute Gasteiger partial charge is 0.472 e. The van der Waals surface area contributed by atoms with Crippen LogP contribution in [-0.4, -0.2) is 95.9 Å². The molecule has 0 aromatic heterocycles. The van der Waals surface area contributed by atoms with Gasteiger partial charge in [-0.25, -0.2) is 4.57 Å². The molecule has 53 heavy (non-hydrogen) atoms. The van der Waals surface area contributed by atoms with Crippen molar-refractivity contribution in [3.8, 4) is 0 Å². The van der Waals surface area contributed by atoms with E-state index < -0.39 is 44.7 Å². The summed E-state index contributed by atoms with van der Waals surface area (Å²) in [5.41, 5.74) is 0. The molecule has 306 valence electrons. The third-order valence-electron chi connectivity index (χ3n) is 8.36. The molecule has 0 radical (unpaired) electrons. The molecule has 0 aliphatic rings. The van der Waals surface area contributed by atoms with Crippen LogP contribution in [0.5, 0.6) is 0 Å². The molecule has 0 spiro atoms. The molecule has 10 nitrogen and oxygen atoms in total. The zero-order chi connectivity index (χ0) is 39.6. The second-order valence-electron chi connectivity index (χ2n) is 14.6. The van der Waals surface area contributed by atoms with Crippen LogP contribution in [0.3, 0.4) is 0 Å². The van der Waals surface area contributed by atoms with Crippen LogP contribution in [0.2, 0.25) is 0 Å². The molecule has 1 amide bonds. The summed E-state index contributed by atoms with van der Waals surface area (Å²) in [7, 11) is 1.36. The molecule has 0 saturated carbocycles. The van der Waals surface area contributed by atoms with Crippen molar-refractivity contribution in [3.63, 3.8) is 0 Å². The van der Waals surface area contributed by atoms with Crippen molar-refractivity contribution in [2.45, 2.75) is 147 Å². The Morgan fingerprint density at radius 1 is 0.717 bits per heavy atom. The Kier molecular flexibility index (Phi) is 31.9. The highest BCUT2D eigenvalue weighted by Crippen LogP contribution is 2.43. The topological polar surface area (TPSA) is 146 Å². The molecular weight excluding hydrogens is 691 g/mol. The number of allylic oxidation sites excluding steroid dienone is 10. The third kappa shape index (κ3) is 34.1. The van der Waals surface area contributed by atoms with Gasteiger partial charge < -0.3 is 30.0 Å². The third-order valence-corrected chi connectivity index (χ3v) is 9.35. The Labute approximate surface area is 322 Å². The standard InChI is InChI=1S/C42H75N2O8P/c1-6-8-10-12-14-16-18-20-22-24-26-28-31-39(45)38(37-52-53(49,50)51-36-35-44(3,4)5)43-42(48)34-30-33-41(47)40(46)32-29-27-25-23-21-19-17-15-13-11-9-7-2/h9,11,15,17,20-23,27-29,31,38-41,45-47H,6-8,10,12-14,16,18-19,24-26,30,32-37H2,1-5H3,(H-,43,48,49,50)/p+1/b11-9-,17-15-,22-20-,23-21-,29-27-,31-28+/t38-,39+,40+,41+/m0/s1. The molecule has 0 aromatic carbocycles. The number of carbonyl (C=O) groups is 1. The normalized spacial score (nSPS) is 16.5. The van der Waals surface area contributed by atoms with Gasteiger partial charge in [-0.3, -0.25) is 13.8 Å². The number of hydrogen-bond donors (Lipinski definition) is 5. The van der Waals surface area contributed by atoms with Gasteiger partial charge in [-0.2, -0.15) is 0 Å². The molecule has 0 aliphatic carbocycles. The fraction of sp³-hybridized carbons (Fsp3) is 0.690. The van der Waals surface area contributed by atoms with E-state index in [1.54, 1.807) is 6.08 Å². The summed E-state index contributed by atoms with van der Waals surface area (Å²) in [6, 6.07) is -1.00. The van der Waals surface area contributed by atoms with Gasteiger partial charge >= 0.3 is 7.82 Å². The van der Waals surface area contributed by atoms with E-state index in [2.05, 4.69) is 67.8 Å². The fourth-order valence-electron chi connectivity index (χ4n) is 5.02. The molecular formula is C42H76N2O8P+. The first kappa shape index (κ1) is 50.9. The SMILES string of the molecule is CC/C=C\C/C=C\C/C=C\C/C=C\C[C@@H](O)[C@H](O)CCCC(=O)N[C@@H](COP(=O)(O)OCC[N+](C)(C)C)[C@H](O)/C=C/CC/C=C\CCCCCCCC. The molecule has 0 heterocycles. The van der Waals surface area contributed by atoms with Gasteiger partial charge in [0.1, 0.15) is 13.2 Å². The van der Waals surface area contributed by atoms with Gasteiger partial charge in [0, 0.05) is 6.42 Å². The van der Waals surface area contributed by atoms with Crippen LogP contribution in [-0.2, 0) is 18.4 Å². The molecule has 0 fully saturated rings. The number of unbranched alkanes of at least 4 members (excludes halogenated alkanes) is 7. The van der Waals surface area contributed by atoms with E-state index in [4.69, 9.17) is 9.05 Å². The summed E-state index contributed by atoms with van der Waals surface area (Å²) in [5, 5.41) is 34.4. The van der Waals surface area contributed by atoms with Gasteiger partial charge in [0.2, 0.25) is 5.91 Å². The molecule has 5 N–H and O–H groups in total. The Balaban J connectivity index is 4.84. The first-order valence-corrected chi connectivity index (χ1v) is 21.5. The van der Waals surface area contributed by atoms with Crippen LogP contribution in [0.4, 0.5) is 0 Å². The number of phosphoric acid groups is 1. The first-order valence-electron chi connectivity index (χ1n) is 20.0. The summed E-state index contributed by atoms with van der Waals surface area (Å²) < 4.78 is 23.3. The Bertz CT molecular complexity index is 1130. The summed E-state index contributed by atoms with van der Waals surface area (Å²) in [6.07, 6.45) is 35.7. The van der Waals surface area contributed by atoms with Crippen molar-refractivity contribution < 1.29 is 43.1 Å². The highest BCUT2D eigenvalue weighted by Gasteiger charge is 2.28. The van der Waals surface area contributed by atoms with Crippen molar-refractivity contribution in [2.75, 3.05) is 40.9 Å². The maximum atomic E-state index is 12.8. The molecule has 0 saturated heterocycles. The van der Waals surface area contributed by atoms with Crippen LogP contribution in [0, 0.1) is 0 Å². The fourth-order valence-corrected chi connectivity index (χ4v) is 5.76. The lowest BCUT2D eigenvalue weighted by Crippen LogP contribution is -2.45. The average Bonchev–Trinajstić information content (AvgIpc) is 3.10. The number of nitrogens with zero attached hydrogens (tertiary/aromatic N) is 1. The van der Waals surface area contributed by atoms with Gasteiger partial charge in [0.05, 0.1) is 52.1 Å². The highest BCUT2D eigenvalue weighted by molar-refractivity contribution is 7.47. The number of aliphatic hydroxyl groups is 3. The van der Waals surface area contributed by atoms with Gasteiger partial charge in [0.15, 0.2) is 0 Å². The van der Waals surface area contributed by atoms with Crippen molar-refractivity contribution in [2.24, 2.45) is 0 Å². The Morgan fingerprint density at radius 2 is 1.30 bits per heavy atom. The number of likely N-dealkylation sites (N-methyl/N-ethyl adjacent to an activating group) is 1. The minimum atomic E-state index is -4.43. The van der Waals surface area contributed by atoms with E-state index in [0.717, 1.165) is 38.5 Å². The van der Waals surface area contributed by atoms with E-state index in [9.17, 15) is 29.6 Å². The summed E-state index contributed by atoms with van der Waals surface area (Å²) in [6.45, 7) is 4.38. The van der Waals surface area contributed by atoms with Gasteiger partial charge in [-0.15, -0.1) is 0 Å². The van der Waals surface area contributed by atoms with Crippen molar-refractivity contribution in [3.05, 3.63) is 72.9 Å². The predicted octanol–water partition coefficient (Wildman–Crippen LogP) is 8.40. The van der Waals surface area contributed by atoms with Crippen molar-refractivity contribution in [1.29, 1.82) is 0 Å². The highest BCUT2D eigenvalue weighted by atomic mass is 31.2. The Hall–Kier alpha value is -2.14. The lowest BCUT2D eigenvalue weighted by atomic mass is 10.0. The number of amides is 1. The van der Waals surface area contributed by atoms with E-state index in [1.807, 2.05) is 39.4 Å². The Morgan fingerprint density at radius 3 is 1.94 bits per heavy atom. The monoisotopic (exact) mass is 768 g/mol. The molecule has 0 aliphatic heterocycles. The number of quaternary nitrogens is 1. The minimum Gasteiger partial charge on any atom is -0.390 e. The number of carbonyl (C=O) groups excluding carboxylic acids is 1. The van der Waals surface area contributed by atoms with Crippen molar-refractivity contribution >= 4 is 13.7 Å². The minimum absolute atomic E-state index is 0.000402. The van der Waals surface area contributed by atoms with E-state index >= 15 is 0 Å². The van der Waals surface area contributed by atoms with Gasteiger partial charge in [-0.1, -0.05) is 119 Å². The second kappa shape index (κ2) is 33.2. The summed E-state index contributed by atoms with van der Waals surface area (Å²) in [5.74, 6) is -0.414. The zero-order valence-corrected chi connectivity index (χ0v) is 34.6. The number of aliphatic hydroxyl groups excluding tert-OH is 3. The van der Waals surface area contributed by atoms with Crippen LogP contribution >= 0.6 is 7.82 Å². The van der Waals surface area contributed by atoms with Crippen LogP contribution in [0.1, 0.15) is 123 Å². The molecule has 0 bridgehead atoms. The van der Waals surface area contributed by atoms with Crippen LogP contribution in [0.25, 0.3) is 0 Å². The van der Waals surface area contributed by atoms with Gasteiger partial charge in [-0.05, 0) is 70.6 Å². The number of hydrogen-bond acceptors (Lipinski definition) is 7.